The van der Waals surface area contributed by atoms with Crippen molar-refractivity contribution in [2.24, 2.45) is 61.2 Å². The molecule has 1 aromatic carbocycles. The van der Waals surface area contributed by atoms with Gasteiger partial charge in [0.25, 0.3) is 0 Å². The molecule has 0 spiro atoms. The topological polar surface area (TPSA) is 102 Å². The normalized spacial score (nSPS) is 42.4. The van der Waals surface area contributed by atoms with E-state index in [9.17, 15) is 19.5 Å². The van der Waals surface area contributed by atoms with Crippen LogP contribution in [-0.4, -0.2) is 46.5 Å². The zero-order valence-electron chi connectivity index (χ0n) is 33.4. The highest BCUT2D eigenvalue weighted by Crippen LogP contribution is 2.80. The fourth-order valence-corrected chi connectivity index (χ4v) is 14.4. The molecule has 7 nitrogen and oxygen atoms in total. The van der Waals surface area contributed by atoms with Crippen LogP contribution in [0.1, 0.15) is 139 Å². The van der Waals surface area contributed by atoms with Gasteiger partial charge in [-0.05, 0) is 128 Å². The minimum Gasteiger partial charge on any atom is -0.481 e. The number of carboxylic acids is 1. The van der Waals surface area contributed by atoms with E-state index in [0.717, 1.165) is 68.9 Å². The van der Waals surface area contributed by atoms with Crippen LogP contribution in [0.25, 0.3) is 0 Å². The lowest BCUT2D eigenvalue weighted by Gasteiger charge is -2.72. The molecule has 0 aromatic heterocycles. The number of ketones is 1. The molecule has 7 aliphatic rings. The Labute approximate surface area is 321 Å². The number of rotatable bonds is 7. The minimum atomic E-state index is -1.16. The fourth-order valence-electron chi connectivity index (χ4n) is 14.2. The van der Waals surface area contributed by atoms with Crippen molar-refractivity contribution in [1.82, 2.24) is 0 Å². The van der Waals surface area contributed by atoms with Crippen molar-refractivity contribution in [3.63, 3.8) is 0 Å². The largest absolute Gasteiger partial charge is 0.481 e. The van der Waals surface area contributed by atoms with Gasteiger partial charge in [-0.2, -0.15) is 0 Å². The molecule has 5 saturated carbocycles. The quantitative estimate of drug-likeness (QED) is 0.279. The van der Waals surface area contributed by atoms with Crippen LogP contribution >= 0.6 is 11.6 Å². The van der Waals surface area contributed by atoms with E-state index in [1.807, 2.05) is 24.3 Å². The van der Waals surface area contributed by atoms with E-state index in [4.69, 9.17) is 26.1 Å². The Bertz CT molecular complexity index is 1840. The molecule has 8 heteroatoms. The molecule has 0 radical (unpaired) electrons. The van der Waals surface area contributed by atoms with E-state index in [1.165, 1.54) is 5.57 Å². The number of nitrogens with zero attached hydrogens (tertiary/aromatic N) is 1. The average Bonchev–Trinajstić information content (AvgIpc) is 3.48. The summed E-state index contributed by atoms with van der Waals surface area (Å²) in [5.74, 6) is 0.913. The first-order valence-corrected chi connectivity index (χ1v) is 20.8. The molecular weight excluding hydrogens is 686 g/mol. The molecule has 5 fully saturated rings. The maximum absolute atomic E-state index is 14.3. The average molecular weight is 746 g/mol. The molecular formula is C45H60ClNO6. The van der Waals surface area contributed by atoms with Crippen molar-refractivity contribution in [3.05, 3.63) is 46.0 Å². The van der Waals surface area contributed by atoms with Crippen LogP contribution in [0.2, 0.25) is 5.02 Å². The number of esters is 1. The van der Waals surface area contributed by atoms with Gasteiger partial charge < -0.3 is 14.6 Å². The third-order valence-electron chi connectivity index (χ3n) is 17.1. The van der Waals surface area contributed by atoms with Crippen LogP contribution in [0, 0.1) is 56.2 Å². The monoisotopic (exact) mass is 745 g/mol. The Morgan fingerprint density at radius 2 is 1.70 bits per heavy atom. The maximum atomic E-state index is 14.3. The Hall–Kier alpha value is -2.67. The van der Waals surface area contributed by atoms with E-state index >= 15 is 0 Å². The van der Waals surface area contributed by atoms with E-state index in [0.29, 0.717) is 40.9 Å². The number of aliphatic carboxylic acids is 1. The number of aliphatic imine (C=N–C) groups is 1. The number of allylic oxidation sites excluding steroid dienone is 1. The summed E-state index contributed by atoms with van der Waals surface area (Å²) in [6.45, 7) is 19.9. The number of fused-ring (bicyclic) bond motifs is 9. The van der Waals surface area contributed by atoms with Gasteiger partial charge in [-0.1, -0.05) is 72.2 Å². The van der Waals surface area contributed by atoms with Crippen molar-refractivity contribution in [2.45, 2.75) is 151 Å². The lowest BCUT2D eigenvalue weighted by molar-refractivity contribution is -0.235. The smallest absolute Gasteiger partial charge is 0.309 e. The van der Waals surface area contributed by atoms with Gasteiger partial charge in [0.1, 0.15) is 11.7 Å². The van der Waals surface area contributed by atoms with Gasteiger partial charge in [0.15, 0.2) is 5.78 Å². The third-order valence-corrected chi connectivity index (χ3v) is 17.5. The molecule has 1 heterocycles. The first-order valence-electron chi connectivity index (χ1n) is 20.4. The number of halogens is 1. The predicted molar refractivity (Wildman–Crippen MR) is 206 cm³/mol. The van der Waals surface area contributed by atoms with E-state index in [2.05, 4.69) is 48.5 Å². The van der Waals surface area contributed by atoms with Crippen LogP contribution in [0.15, 0.2) is 40.4 Å². The summed E-state index contributed by atoms with van der Waals surface area (Å²) >= 11 is 6.66. The number of benzene rings is 1. The summed E-state index contributed by atoms with van der Waals surface area (Å²) in [6, 6.07) is 7.84. The SMILES string of the molecule is CC(C)C1=C2[C@H]3CC[C@@H]4[C@@]5(C)CC[C@H](OC(=O)CC(C)(C)C(=O)O)C(C)(C)[C@@H]5CC[C@@]4(C)[C@]3(C)CC[C@@]2(C23CC2N=C(c2ccccc2Cl)O3)CC1=O. The van der Waals surface area contributed by atoms with Crippen LogP contribution in [-0.2, 0) is 23.9 Å². The zero-order valence-corrected chi connectivity index (χ0v) is 34.1. The van der Waals surface area contributed by atoms with E-state index in [1.54, 1.807) is 13.8 Å². The van der Waals surface area contributed by atoms with Crippen molar-refractivity contribution in [2.75, 3.05) is 0 Å². The summed E-state index contributed by atoms with van der Waals surface area (Å²) in [5, 5.41) is 10.3. The Morgan fingerprint density at radius 3 is 2.38 bits per heavy atom. The molecule has 0 amide bonds. The molecule has 1 aromatic rings. The second-order valence-electron chi connectivity index (χ2n) is 20.6. The second-order valence-corrected chi connectivity index (χ2v) is 21.0. The van der Waals surface area contributed by atoms with Crippen molar-refractivity contribution in [1.29, 1.82) is 0 Å². The highest BCUT2D eigenvalue weighted by atomic mass is 35.5. The van der Waals surface area contributed by atoms with Gasteiger partial charge >= 0.3 is 11.9 Å². The van der Waals surface area contributed by atoms with Crippen molar-refractivity contribution in [3.8, 4) is 0 Å². The summed E-state index contributed by atoms with van der Waals surface area (Å²) in [4.78, 5) is 44.4. The molecule has 6 aliphatic carbocycles. The number of hydrogen-bond donors (Lipinski definition) is 1. The highest BCUT2D eigenvalue weighted by molar-refractivity contribution is 6.33. The fraction of sp³-hybridized carbons (Fsp3) is 0.733. The van der Waals surface area contributed by atoms with Crippen LogP contribution in [0.3, 0.4) is 0 Å². The van der Waals surface area contributed by atoms with Gasteiger partial charge in [-0.25, -0.2) is 4.99 Å². The number of Topliss-reactive ketones (excluding diaryl/α,β-unsaturated/α-hetero) is 1. The number of carbonyl (C=O) groups excluding carboxylic acids is 2. The van der Waals surface area contributed by atoms with Crippen molar-refractivity contribution >= 4 is 35.2 Å². The molecule has 8 rings (SSSR count). The van der Waals surface area contributed by atoms with Crippen molar-refractivity contribution < 1.29 is 29.0 Å². The van der Waals surface area contributed by atoms with Gasteiger partial charge in [0, 0.05) is 23.7 Å². The van der Waals surface area contributed by atoms with Gasteiger partial charge in [0.2, 0.25) is 5.90 Å². The maximum Gasteiger partial charge on any atom is 0.309 e. The third kappa shape index (κ3) is 4.89. The first-order chi connectivity index (χ1) is 24.7. The number of carboxylic acid groups (broad SMARTS) is 1. The zero-order chi connectivity index (χ0) is 38.3. The molecule has 288 valence electrons. The van der Waals surface area contributed by atoms with Crippen LogP contribution in [0.5, 0.6) is 0 Å². The number of hydrogen-bond acceptors (Lipinski definition) is 6. The Kier molecular flexibility index (Phi) is 8.21. The summed E-state index contributed by atoms with van der Waals surface area (Å²) < 4.78 is 13.2. The first kappa shape index (κ1) is 37.3. The molecule has 0 saturated heterocycles. The summed E-state index contributed by atoms with van der Waals surface area (Å²) in [5.41, 5.74) is 1.31. The van der Waals surface area contributed by atoms with E-state index < -0.39 is 23.0 Å². The van der Waals surface area contributed by atoms with E-state index in [-0.39, 0.29) is 51.6 Å². The van der Waals surface area contributed by atoms with Crippen LogP contribution in [0.4, 0.5) is 0 Å². The molecule has 10 atom stereocenters. The Balaban J connectivity index is 1.10. The minimum absolute atomic E-state index is 0.0232. The lowest BCUT2D eigenvalue weighted by Crippen LogP contribution is -2.66. The Morgan fingerprint density at radius 1 is 0.981 bits per heavy atom. The van der Waals surface area contributed by atoms with Gasteiger partial charge in [0.05, 0.1) is 28.5 Å². The van der Waals surface area contributed by atoms with Gasteiger partial charge in [-0.15, -0.1) is 0 Å². The standard InChI is InChI=1S/C45H60ClNO6/c1-25(2)35-29(48)22-44(45-23-32(45)47-37(53-45)26-12-10-11-13-28(26)46)21-20-42(8)27(36(35)44)14-15-31-41(7)18-17-33(52-34(49)24-39(3,4)38(50)51)40(5,6)30(41)16-19-43(31,42)9/h10-13,25,27,30-33H,14-24H2,1-9H3,(H,50,51)/t27-,30+,31-,32?,33+,41+,42-,43-,44-,45?/m1/s1. The number of ether oxygens (including phenoxy) is 2. The molecule has 53 heavy (non-hydrogen) atoms. The molecule has 2 unspecified atom stereocenters. The predicted octanol–water partition coefficient (Wildman–Crippen LogP) is 10.0. The molecule has 1 aliphatic heterocycles. The number of carbonyl (C=O) groups is 3. The molecule has 0 bridgehead atoms. The lowest BCUT2D eigenvalue weighted by atomic mass is 9.32. The summed E-state index contributed by atoms with van der Waals surface area (Å²) in [6.07, 6.45) is 9.19. The molecule has 1 N–H and O–H groups in total. The second kappa shape index (κ2) is 11.7. The highest BCUT2D eigenvalue weighted by Gasteiger charge is 2.79. The van der Waals surface area contributed by atoms with Crippen LogP contribution < -0.4 is 0 Å². The summed E-state index contributed by atoms with van der Waals surface area (Å²) in [7, 11) is 0. The van der Waals surface area contributed by atoms with Gasteiger partial charge in [-0.3, -0.25) is 14.4 Å².